The average molecular weight is 464 g/mol. The first-order valence-corrected chi connectivity index (χ1v) is 12.0. The third-order valence-electron chi connectivity index (χ3n) is 6.81. The summed E-state index contributed by atoms with van der Waals surface area (Å²) in [4.78, 5) is 16.0. The first-order chi connectivity index (χ1) is 17.2. The molecule has 0 bridgehead atoms. The van der Waals surface area contributed by atoms with Crippen molar-refractivity contribution < 1.29 is 14.6 Å². The molecule has 0 saturated carbocycles. The van der Waals surface area contributed by atoms with Gasteiger partial charge in [0.05, 0.1) is 18.7 Å². The van der Waals surface area contributed by atoms with E-state index in [-0.39, 0.29) is 18.7 Å². The minimum absolute atomic E-state index is 0.235. The lowest BCUT2D eigenvalue weighted by Gasteiger charge is -2.27. The molecule has 0 aromatic heterocycles. The number of aliphatic hydroxyl groups is 1. The zero-order valence-electron chi connectivity index (χ0n) is 19.7. The molecule has 4 aromatic carbocycles. The van der Waals surface area contributed by atoms with Crippen LogP contribution in [0.15, 0.2) is 121 Å². The van der Waals surface area contributed by atoms with E-state index in [1.165, 1.54) is 0 Å². The summed E-state index contributed by atoms with van der Waals surface area (Å²) in [6.45, 7) is 2.04. The number of hydrogen-bond donors (Lipinski definition) is 1. The van der Waals surface area contributed by atoms with Crippen molar-refractivity contribution in [3.63, 3.8) is 0 Å². The fourth-order valence-electron chi connectivity index (χ4n) is 5.28. The van der Waals surface area contributed by atoms with Gasteiger partial charge < -0.3 is 9.84 Å². The summed E-state index contributed by atoms with van der Waals surface area (Å²) in [6.07, 6.45) is -1.08. The van der Waals surface area contributed by atoms with E-state index < -0.39 is 17.6 Å². The predicted octanol–water partition coefficient (Wildman–Crippen LogP) is 5.87. The molecule has 176 valence electrons. The van der Waals surface area contributed by atoms with Crippen LogP contribution in [-0.4, -0.2) is 28.1 Å². The lowest BCUT2D eigenvalue weighted by Crippen LogP contribution is -2.39. The molecule has 4 aromatic rings. The first kappa shape index (κ1) is 23.0. The Bertz CT molecular complexity index is 1210. The van der Waals surface area contributed by atoms with Crippen LogP contribution >= 0.6 is 0 Å². The number of nitrogens with zero attached hydrogens (tertiary/aromatic N) is 1. The molecule has 0 amide bonds. The van der Waals surface area contributed by atoms with E-state index in [0.717, 1.165) is 16.7 Å². The van der Waals surface area contributed by atoms with Gasteiger partial charge in [-0.15, -0.1) is 0 Å². The quantitative estimate of drug-likeness (QED) is 0.262. The second-order valence-corrected chi connectivity index (χ2v) is 8.80. The second-order valence-electron chi connectivity index (χ2n) is 8.80. The first-order valence-electron chi connectivity index (χ1n) is 12.0. The number of ether oxygens (including phenoxy) is 1. The summed E-state index contributed by atoms with van der Waals surface area (Å²) in [7, 11) is 0. The van der Waals surface area contributed by atoms with Crippen LogP contribution in [0.3, 0.4) is 0 Å². The van der Waals surface area contributed by atoms with Gasteiger partial charge in [0.1, 0.15) is 6.10 Å². The van der Waals surface area contributed by atoms with E-state index in [0.29, 0.717) is 5.56 Å². The van der Waals surface area contributed by atoms with Crippen LogP contribution in [-0.2, 0) is 9.53 Å². The molecule has 0 spiro atoms. The van der Waals surface area contributed by atoms with Crippen molar-refractivity contribution in [3.05, 3.63) is 144 Å². The predicted molar refractivity (Wildman–Crippen MR) is 137 cm³/mol. The van der Waals surface area contributed by atoms with E-state index in [2.05, 4.69) is 29.2 Å². The molecule has 0 aliphatic carbocycles. The minimum Gasteiger partial charge on any atom is -0.464 e. The molecule has 4 atom stereocenters. The minimum atomic E-state index is -1.28. The number of carbonyl (C=O) groups is 1. The van der Waals surface area contributed by atoms with Crippen molar-refractivity contribution in [3.8, 4) is 0 Å². The molecule has 5 rings (SSSR count). The Balaban J connectivity index is 1.74. The van der Waals surface area contributed by atoms with Gasteiger partial charge in [-0.2, -0.15) is 0 Å². The zero-order valence-corrected chi connectivity index (χ0v) is 19.7. The van der Waals surface area contributed by atoms with Gasteiger partial charge in [0.15, 0.2) is 5.54 Å². The van der Waals surface area contributed by atoms with Crippen molar-refractivity contribution in [2.45, 2.75) is 30.7 Å². The molecule has 1 saturated heterocycles. The fraction of sp³-hybridized carbons (Fsp3) is 0.194. The Morgan fingerprint density at radius 1 is 0.771 bits per heavy atom. The SMILES string of the molecule is CCOC(=O)[C@@]1(C(O)c2ccccc2)[C@@H](c2ccccc2)N1C(c1ccccc1)c1ccccc1. The maximum absolute atomic E-state index is 13.9. The van der Waals surface area contributed by atoms with Crippen LogP contribution in [0.1, 0.15) is 47.4 Å². The molecule has 1 aliphatic rings. The third kappa shape index (κ3) is 4.05. The van der Waals surface area contributed by atoms with Crippen LogP contribution in [0.2, 0.25) is 0 Å². The van der Waals surface area contributed by atoms with Gasteiger partial charge in [-0.1, -0.05) is 121 Å². The van der Waals surface area contributed by atoms with Crippen LogP contribution < -0.4 is 0 Å². The highest BCUT2D eigenvalue weighted by atomic mass is 16.5. The van der Waals surface area contributed by atoms with E-state index in [1.807, 2.05) is 97.1 Å². The summed E-state index contributed by atoms with van der Waals surface area (Å²) in [5.41, 5.74) is 2.46. The normalized spacial score (nSPS) is 21.9. The van der Waals surface area contributed by atoms with Crippen LogP contribution in [0.5, 0.6) is 0 Å². The fourth-order valence-corrected chi connectivity index (χ4v) is 5.28. The molecule has 1 fully saturated rings. The van der Waals surface area contributed by atoms with Crippen molar-refractivity contribution in [2.75, 3.05) is 6.61 Å². The number of hydrogen-bond acceptors (Lipinski definition) is 4. The summed E-state index contributed by atoms with van der Waals surface area (Å²) in [6, 6.07) is 39.0. The summed E-state index contributed by atoms with van der Waals surface area (Å²) >= 11 is 0. The van der Waals surface area contributed by atoms with Gasteiger partial charge in [0.25, 0.3) is 0 Å². The smallest absolute Gasteiger partial charge is 0.331 e. The van der Waals surface area contributed by atoms with Crippen LogP contribution in [0, 0.1) is 0 Å². The maximum Gasteiger partial charge on any atom is 0.331 e. The highest BCUT2D eigenvalue weighted by Gasteiger charge is 2.75. The van der Waals surface area contributed by atoms with Crippen molar-refractivity contribution in [2.24, 2.45) is 0 Å². The molecular weight excluding hydrogens is 434 g/mol. The number of benzene rings is 4. The lowest BCUT2D eigenvalue weighted by atomic mass is 9.89. The van der Waals surface area contributed by atoms with Gasteiger partial charge in [-0.05, 0) is 29.2 Å². The monoisotopic (exact) mass is 463 g/mol. The van der Waals surface area contributed by atoms with Gasteiger partial charge in [-0.25, -0.2) is 4.79 Å². The highest BCUT2D eigenvalue weighted by molar-refractivity contribution is 5.88. The summed E-state index contributed by atoms with van der Waals surface area (Å²) in [5.74, 6) is -0.415. The maximum atomic E-state index is 13.9. The molecule has 1 heterocycles. The summed E-state index contributed by atoms with van der Waals surface area (Å²) < 4.78 is 5.68. The van der Waals surface area contributed by atoms with Gasteiger partial charge in [0, 0.05) is 0 Å². The Hall–Kier alpha value is -3.73. The zero-order chi connectivity index (χ0) is 24.3. The molecule has 4 nitrogen and oxygen atoms in total. The second kappa shape index (κ2) is 9.87. The number of aliphatic hydroxyl groups excluding tert-OH is 1. The third-order valence-corrected chi connectivity index (χ3v) is 6.81. The van der Waals surface area contributed by atoms with E-state index in [4.69, 9.17) is 4.74 Å². The molecule has 0 radical (unpaired) electrons. The highest BCUT2D eigenvalue weighted by Crippen LogP contribution is 2.65. The molecule has 1 aliphatic heterocycles. The van der Waals surface area contributed by atoms with Gasteiger partial charge >= 0.3 is 5.97 Å². The van der Waals surface area contributed by atoms with Crippen molar-refractivity contribution in [1.82, 2.24) is 4.90 Å². The Morgan fingerprint density at radius 2 is 1.20 bits per heavy atom. The number of carbonyl (C=O) groups excluding carboxylic acids is 1. The number of rotatable bonds is 8. The topological polar surface area (TPSA) is 49.5 Å². The molecule has 4 heteroatoms. The van der Waals surface area contributed by atoms with E-state index in [9.17, 15) is 9.90 Å². The Morgan fingerprint density at radius 3 is 1.66 bits per heavy atom. The number of esters is 1. The molecule has 35 heavy (non-hydrogen) atoms. The van der Waals surface area contributed by atoms with Crippen molar-refractivity contribution in [1.29, 1.82) is 0 Å². The van der Waals surface area contributed by atoms with Crippen LogP contribution in [0.25, 0.3) is 0 Å². The Kier molecular flexibility index (Phi) is 6.49. The molecule has 2 unspecified atom stereocenters. The lowest BCUT2D eigenvalue weighted by molar-refractivity contribution is -0.152. The van der Waals surface area contributed by atoms with Gasteiger partial charge in [0.2, 0.25) is 0 Å². The van der Waals surface area contributed by atoms with Gasteiger partial charge in [-0.3, -0.25) is 4.90 Å². The Labute approximate surface area is 206 Å². The molecular formula is C31H29NO3. The largest absolute Gasteiger partial charge is 0.464 e. The summed E-state index contributed by atoms with van der Waals surface area (Å²) in [5, 5.41) is 11.9. The van der Waals surface area contributed by atoms with E-state index in [1.54, 1.807) is 6.92 Å². The molecule has 1 N–H and O–H groups in total. The average Bonchev–Trinajstić information content (AvgIpc) is 3.61. The van der Waals surface area contributed by atoms with E-state index >= 15 is 0 Å². The standard InChI is InChI=1S/C31H29NO3/c1-2-35-30(34)31(29(33)26-21-13-6-14-22-26)28(25-19-11-5-12-20-25)32(31)27(23-15-7-3-8-16-23)24-17-9-4-10-18-24/h3-22,27-29,33H,2H2,1H3/t28-,29?,31+,32?/m1/s1. The van der Waals surface area contributed by atoms with Crippen molar-refractivity contribution >= 4 is 5.97 Å². The van der Waals surface area contributed by atoms with Crippen LogP contribution in [0.4, 0.5) is 0 Å².